The number of carbonyl (C=O) groups excluding carboxylic acids is 1. The molecular formula is C19H16N4O2S. The second-order valence-electron chi connectivity index (χ2n) is 5.99. The second-order valence-corrected chi connectivity index (χ2v) is 7.04. The van der Waals surface area contributed by atoms with Crippen LogP contribution in [0, 0.1) is 6.92 Å². The third kappa shape index (κ3) is 2.97. The van der Waals surface area contributed by atoms with Crippen LogP contribution in [0.2, 0.25) is 0 Å². The SMILES string of the molecule is Cc1nn(CC(=O)NCc2cccnc2)c(=O)c2c1sc1ccccc12. The van der Waals surface area contributed by atoms with Crippen molar-refractivity contribution in [3.63, 3.8) is 0 Å². The molecule has 4 aromatic rings. The Hall–Kier alpha value is -3.06. The molecule has 1 aromatic carbocycles. The van der Waals surface area contributed by atoms with Crippen LogP contribution >= 0.6 is 11.3 Å². The molecule has 0 aliphatic carbocycles. The van der Waals surface area contributed by atoms with Crippen molar-refractivity contribution in [2.45, 2.75) is 20.0 Å². The van der Waals surface area contributed by atoms with Gasteiger partial charge in [0.15, 0.2) is 0 Å². The first-order valence-corrected chi connectivity index (χ1v) is 8.99. The van der Waals surface area contributed by atoms with E-state index in [0.29, 0.717) is 11.9 Å². The van der Waals surface area contributed by atoms with E-state index in [4.69, 9.17) is 0 Å². The van der Waals surface area contributed by atoms with Crippen LogP contribution in [0.25, 0.3) is 20.2 Å². The first-order valence-electron chi connectivity index (χ1n) is 8.18. The Kier molecular flexibility index (Phi) is 4.22. The molecule has 26 heavy (non-hydrogen) atoms. The first-order chi connectivity index (χ1) is 12.6. The van der Waals surface area contributed by atoms with Gasteiger partial charge in [-0.15, -0.1) is 11.3 Å². The summed E-state index contributed by atoms with van der Waals surface area (Å²) in [6.07, 6.45) is 3.37. The fraction of sp³-hybridized carbons (Fsp3) is 0.158. The van der Waals surface area contributed by atoms with Gasteiger partial charge in [0, 0.05) is 29.0 Å². The third-order valence-electron chi connectivity index (χ3n) is 4.15. The standard InChI is InChI=1S/C19H16N4O2S/c1-12-18-17(14-6-2-3-7-15(14)26-18)19(25)23(22-12)11-16(24)21-10-13-5-4-8-20-9-13/h2-9H,10-11H2,1H3,(H,21,24). The number of aromatic nitrogens is 3. The number of fused-ring (bicyclic) bond motifs is 3. The highest BCUT2D eigenvalue weighted by Gasteiger charge is 2.15. The van der Waals surface area contributed by atoms with Crippen molar-refractivity contribution < 1.29 is 4.79 Å². The van der Waals surface area contributed by atoms with Crippen LogP contribution in [0.15, 0.2) is 53.6 Å². The van der Waals surface area contributed by atoms with E-state index in [-0.39, 0.29) is 18.0 Å². The molecule has 0 fully saturated rings. The number of benzene rings is 1. The molecule has 3 heterocycles. The normalized spacial score (nSPS) is 11.1. The van der Waals surface area contributed by atoms with Crippen molar-refractivity contribution in [1.29, 1.82) is 0 Å². The summed E-state index contributed by atoms with van der Waals surface area (Å²) >= 11 is 1.55. The molecule has 0 aliphatic rings. The molecule has 3 aromatic heterocycles. The number of nitrogens with zero attached hydrogens (tertiary/aromatic N) is 3. The number of carbonyl (C=O) groups is 1. The first kappa shape index (κ1) is 16.4. The molecule has 0 unspecified atom stereocenters. The van der Waals surface area contributed by atoms with Crippen LogP contribution in [-0.2, 0) is 17.9 Å². The summed E-state index contributed by atoms with van der Waals surface area (Å²) in [4.78, 5) is 29.2. The van der Waals surface area contributed by atoms with Crippen molar-refractivity contribution >= 4 is 37.4 Å². The Morgan fingerprint density at radius 3 is 2.88 bits per heavy atom. The minimum Gasteiger partial charge on any atom is -0.350 e. The smallest absolute Gasteiger partial charge is 0.276 e. The van der Waals surface area contributed by atoms with Crippen LogP contribution in [0.3, 0.4) is 0 Å². The van der Waals surface area contributed by atoms with Crippen LogP contribution < -0.4 is 10.9 Å². The number of thiophene rings is 1. The van der Waals surface area contributed by atoms with Crippen molar-refractivity contribution in [3.05, 3.63) is 70.4 Å². The summed E-state index contributed by atoms with van der Waals surface area (Å²) in [5.41, 5.74) is 1.41. The van der Waals surface area contributed by atoms with Gasteiger partial charge in [0.2, 0.25) is 5.91 Å². The quantitative estimate of drug-likeness (QED) is 0.604. The van der Waals surface area contributed by atoms with Crippen molar-refractivity contribution in [2.75, 3.05) is 0 Å². The lowest BCUT2D eigenvalue weighted by Gasteiger charge is -2.08. The number of rotatable bonds is 4. The third-order valence-corrected chi connectivity index (χ3v) is 5.43. The van der Waals surface area contributed by atoms with E-state index in [1.54, 1.807) is 23.7 Å². The van der Waals surface area contributed by atoms with E-state index in [1.807, 2.05) is 43.3 Å². The summed E-state index contributed by atoms with van der Waals surface area (Å²) in [7, 11) is 0. The number of hydrogen-bond acceptors (Lipinski definition) is 5. The van der Waals surface area contributed by atoms with Gasteiger partial charge in [-0.25, -0.2) is 4.68 Å². The molecule has 0 radical (unpaired) electrons. The minimum absolute atomic E-state index is 0.111. The zero-order valence-electron chi connectivity index (χ0n) is 14.1. The zero-order chi connectivity index (χ0) is 18.1. The van der Waals surface area contributed by atoms with Gasteiger partial charge in [-0.1, -0.05) is 24.3 Å². The van der Waals surface area contributed by atoms with Gasteiger partial charge in [0.05, 0.1) is 15.8 Å². The largest absolute Gasteiger partial charge is 0.350 e. The van der Waals surface area contributed by atoms with Gasteiger partial charge in [-0.3, -0.25) is 14.6 Å². The maximum absolute atomic E-state index is 12.9. The maximum atomic E-state index is 12.9. The predicted molar refractivity (Wildman–Crippen MR) is 102 cm³/mol. The van der Waals surface area contributed by atoms with Gasteiger partial charge >= 0.3 is 0 Å². The Morgan fingerprint density at radius 1 is 1.23 bits per heavy atom. The number of nitrogens with one attached hydrogen (secondary N) is 1. The molecule has 6 nitrogen and oxygen atoms in total. The Bertz CT molecular complexity index is 1160. The Labute approximate surface area is 153 Å². The number of aryl methyl sites for hydroxylation is 1. The molecule has 1 amide bonds. The fourth-order valence-corrected chi connectivity index (χ4v) is 4.05. The van der Waals surface area contributed by atoms with Gasteiger partial charge in [-0.2, -0.15) is 5.10 Å². The van der Waals surface area contributed by atoms with E-state index in [9.17, 15) is 9.59 Å². The highest BCUT2D eigenvalue weighted by Crippen LogP contribution is 2.32. The van der Waals surface area contributed by atoms with E-state index in [1.165, 1.54) is 4.68 Å². The fourth-order valence-electron chi connectivity index (χ4n) is 2.92. The molecule has 130 valence electrons. The summed E-state index contributed by atoms with van der Waals surface area (Å²) in [5.74, 6) is -0.262. The second kappa shape index (κ2) is 6.68. The average molecular weight is 364 g/mol. The Balaban J connectivity index is 1.64. The van der Waals surface area contributed by atoms with Crippen LogP contribution in [0.1, 0.15) is 11.3 Å². The topological polar surface area (TPSA) is 76.9 Å². The van der Waals surface area contributed by atoms with E-state index in [2.05, 4.69) is 15.4 Å². The molecule has 0 spiro atoms. The lowest BCUT2D eigenvalue weighted by atomic mass is 10.2. The summed E-state index contributed by atoms with van der Waals surface area (Å²) in [6, 6.07) is 11.5. The van der Waals surface area contributed by atoms with E-state index < -0.39 is 0 Å². The Morgan fingerprint density at radius 2 is 2.08 bits per heavy atom. The van der Waals surface area contributed by atoms with Crippen molar-refractivity contribution in [1.82, 2.24) is 20.1 Å². The molecule has 4 rings (SSSR count). The summed E-state index contributed by atoms with van der Waals surface area (Å²) in [5, 5.41) is 8.68. The van der Waals surface area contributed by atoms with Gasteiger partial charge in [0.25, 0.3) is 5.56 Å². The van der Waals surface area contributed by atoms with E-state index in [0.717, 1.165) is 26.0 Å². The molecule has 1 N–H and O–H groups in total. The molecule has 7 heteroatoms. The molecule has 0 bridgehead atoms. The number of hydrogen-bond donors (Lipinski definition) is 1. The lowest BCUT2D eigenvalue weighted by Crippen LogP contribution is -2.33. The van der Waals surface area contributed by atoms with Crippen LogP contribution in [-0.4, -0.2) is 20.7 Å². The van der Waals surface area contributed by atoms with Gasteiger partial charge in [-0.05, 0) is 24.6 Å². The van der Waals surface area contributed by atoms with Crippen LogP contribution in [0.4, 0.5) is 0 Å². The summed E-state index contributed by atoms with van der Waals surface area (Å²) in [6.45, 7) is 2.12. The van der Waals surface area contributed by atoms with E-state index >= 15 is 0 Å². The number of pyridine rings is 1. The predicted octanol–water partition coefficient (Wildman–Crippen LogP) is 2.63. The molecule has 0 saturated heterocycles. The lowest BCUT2D eigenvalue weighted by molar-refractivity contribution is -0.122. The molecule has 0 aliphatic heterocycles. The number of amides is 1. The molecular weight excluding hydrogens is 348 g/mol. The van der Waals surface area contributed by atoms with Gasteiger partial charge < -0.3 is 5.32 Å². The zero-order valence-corrected chi connectivity index (χ0v) is 14.9. The van der Waals surface area contributed by atoms with Gasteiger partial charge in [0.1, 0.15) is 6.54 Å². The van der Waals surface area contributed by atoms with Crippen LogP contribution in [0.5, 0.6) is 0 Å². The average Bonchev–Trinajstić information content (AvgIpc) is 3.05. The monoisotopic (exact) mass is 364 g/mol. The highest BCUT2D eigenvalue weighted by molar-refractivity contribution is 7.26. The highest BCUT2D eigenvalue weighted by atomic mass is 32.1. The maximum Gasteiger partial charge on any atom is 0.276 e. The summed E-state index contributed by atoms with van der Waals surface area (Å²) < 4.78 is 3.17. The van der Waals surface area contributed by atoms with Crippen molar-refractivity contribution in [3.8, 4) is 0 Å². The van der Waals surface area contributed by atoms with Crippen molar-refractivity contribution in [2.24, 2.45) is 0 Å². The molecule has 0 saturated carbocycles. The minimum atomic E-state index is -0.262. The molecule has 0 atom stereocenters.